The molecule has 1 aliphatic heterocycles. The number of rotatable bonds is 7. The molecule has 7 heteroatoms. The van der Waals surface area contributed by atoms with Crippen molar-refractivity contribution in [2.24, 2.45) is 17.6 Å². The van der Waals surface area contributed by atoms with Crippen LogP contribution < -0.4 is 10.5 Å². The Balaban J connectivity index is 2.16. The Bertz CT molecular complexity index is 751. The summed E-state index contributed by atoms with van der Waals surface area (Å²) >= 11 is 0. The van der Waals surface area contributed by atoms with Crippen LogP contribution in [0.25, 0.3) is 0 Å². The Morgan fingerprint density at radius 3 is 2.42 bits per heavy atom. The highest BCUT2D eigenvalue weighted by Crippen LogP contribution is 2.31. The van der Waals surface area contributed by atoms with Gasteiger partial charge in [-0.2, -0.15) is 0 Å². The predicted molar refractivity (Wildman–Crippen MR) is 120 cm³/mol. The second-order valence-electron chi connectivity index (χ2n) is 10.1. The van der Waals surface area contributed by atoms with Crippen molar-refractivity contribution in [3.05, 3.63) is 29.8 Å². The molecule has 7 nitrogen and oxygen atoms in total. The number of carbonyl (C=O) groups excluding carboxylic acids is 2. The zero-order valence-electron chi connectivity index (χ0n) is 19.8. The van der Waals surface area contributed by atoms with Crippen LogP contribution in [0.1, 0.15) is 53.5 Å². The van der Waals surface area contributed by atoms with Crippen molar-refractivity contribution in [3.8, 4) is 5.75 Å². The van der Waals surface area contributed by atoms with E-state index in [1.807, 2.05) is 65.8 Å². The van der Waals surface area contributed by atoms with Gasteiger partial charge in [-0.15, -0.1) is 0 Å². The van der Waals surface area contributed by atoms with Gasteiger partial charge < -0.3 is 24.8 Å². The first kappa shape index (κ1) is 25.0. The van der Waals surface area contributed by atoms with Crippen LogP contribution in [0.3, 0.4) is 0 Å². The number of nitrogens with zero attached hydrogens (tertiary/aromatic N) is 1. The lowest BCUT2D eigenvalue weighted by Crippen LogP contribution is -2.38. The fourth-order valence-electron chi connectivity index (χ4n) is 3.62. The smallest absolute Gasteiger partial charge is 0.410 e. The van der Waals surface area contributed by atoms with Gasteiger partial charge in [-0.25, -0.2) is 4.79 Å². The average molecular weight is 435 g/mol. The van der Waals surface area contributed by atoms with Crippen molar-refractivity contribution in [2.75, 3.05) is 26.2 Å². The maximum absolute atomic E-state index is 13.1. The van der Waals surface area contributed by atoms with E-state index in [9.17, 15) is 9.59 Å². The summed E-state index contributed by atoms with van der Waals surface area (Å²) in [6.07, 6.45) is 0.906. The van der Waals surface area contributed by atoms with Crippen LogP contribution in [-0.2, 0) is 20.7 Å². The third-order valence-corrected chi connectivity index (χ3v) is 4.90. The lowest BCUT2D eigenvalue weighted by molar-refractivity contribution is -0.161. The van der Waals surface area contributed by atoms with Gasteiger partial charge in [-0.1, -0.05) is 12.1 Å². The second kappa shape index (κ2) is 10.4. The van der Waals surface area contributed by atoms with Crippen molar-refractivity contribution < 1.29 is 23.8 Å². The van der Waals surface area contributed by atoms with E-state index >= 15 is 0 Å². The van der Waals surface area contributed by atoms with E-state index in [-0.39, 0.29) is 23.9 Å². The standard InChI is InChI=1S/C24H38N2O5/c1-23(2,3)30-21(27)20(15-17-8-7-9-19(14-17)29-13-11-25)18-10-12-26(16-18)22(28)31-24(4,5)6/h7-9,14,18,20H,10-13,15-16,25H2,1-6H3/t18-,20-/m0/s1. The molecule has 1 heterocycles. The minimum absolute atomic E-state index is 0.00372. The highest BCUT2D eigenvalue weighted by molar-refractivity contribution is 5.74. The number of hydrogen-bond donors (Lipinski definition) is 1. The molecule has 1 saturated heterocycles. The van der Waals surface area contributed by atoms with Gasteiger partial charge in [0.25, 0.3) is 0 Å². The highest BCUT2D eigenvalue weighted by Gasteiger charge is 2.39. The van der Waals surface area contributed by atoms with Gasteiger partial charge in [-0.3, -0.25) is 4.79 Å². The van der Waals surface area contributed by atoms with Crippen LogP contribution in [0, 0.1) is 11.8 Å². The zero-order chi connectivity index (χ0) is 23.2. The van der Waals surface area contributed by atoms with Gasteiger partial charge in [0, 0.05) is 19.6 Å². The molecule has 1 amide bonds. The first-order valence-corrected chi connectivity index (χ1v) is 11.0. The maximum Gasteiger partial charge on any atom is 0.410 e. The molecule has 0 unspecified atom stereocenters. The van der Waals surface area contributed by atoms with Gasteiger partial charge in [0.2, 0.25) is 0 Å². The third-order valence-electron chi connectivity index (χ3n) is 4.90. The van der Waals surface area contributed by atoms with Crippen molar-refractivity contribution >= 4 is 12.1 Å². The zero-order valence-corrected chi connectivity index (χ0v) is 19.8. The summed E-state index contributed by atoms with van der Waals surface area (Å²) in [4.78, 5) is 27.3. The maximum atomic E-state index is 13.1. The van der Waals surface area contributed by atoms with Gasteiger partial charge >= 0.3 is 12.1 Å². The largest absolute Gasteiger partial charge is 0.492 e. The molecule has 0 saturated carbocycles. The fourth-order valence-corrected chi connectivity index (χ4v) is 3.62. The van der Waals surface area contributed by atoms with Crippen LogP contribution in [0.15, 0.2) is 24.3 Å². The summed E-state index contributed by atoms with van der Waals surface area (Å²) in [6, 6.07) is 7.71. The van der Waals surface area contributed by atoms with Gasteiger partial charge in [0.15, 0.2) is 0 Å². The van der Waals surface area contributed by atoms with E-state index in [1.54, 1.807) is 4.90 Å². The van der Waals surface area contributed by atoms with E-state index in [0.29, 0.717) is 32.7 Å². The number of benzene rings is 1. The van der Waals surface area contributed by atoms with Crippen LogP contribution in [0.2, 0.25) is 0 Å². The molecule has 1 aliphatic rings. The molecular weight excluding hydrogens is 396 g/mol. The molecule has 31 heavy (non-hydrogen) atoms. The van der Waals surface area contributed by atoms with Crippen molar-refractivity contribution in [1.82, 2.24) is 4.90 Å². The molecule has 0 aromatic heterocycles. The Kier molecular flexibility index (Phi) is 8.34. The molecular formula is C24H38N2O5. The molecule has 174 valence electrons. The second-order valence-corrected chi connectivity index (χ2v) is 10.1. The number of carbonyl (C=O) groups is 2. The normalized spacial score (nSPS) is 17.9. The van der Waals surface area contributed by atoms with E-state index in [1.165, 1.54) is 0 Å². The summed E-state index contributed by atoms with van der Waals surface area (Å²) < 4.78 is 16.9. The first-order valence-electron chi connectivity index (χ1n) is 11.0. The Hall–Kier alpha value is -2.28. The van der Waals surface area contributed by atoms with Crippen molar-refractivity contribution in [3.63, 3.8) is 0 Å². The molecule has 1 aromatic rings. The summed E-state index contributed by atoms with van der Waals surface area (Å²) in [5.74, 6) is 0.122. The fraction of sp³-hybridized carbons (Fsp3) is 0.667. The quantitative estimate of drug-likeness (QED) is 0.657. The third kappa shape index (κ3) is 8.40. The van der Waals surface area contributed by atoms with Crippen LogP contribution in [0.4, 0.5) is 4.79 Å². The van der Waals surface area contributed by atoms with Crippen LogP contribution in [-0.4, -0.2) is 54.4 Å². The molecule has 0 aliphatic carbocycles. The highest BCUT2D eigenvalue weighted by atomic mass is 16.6. The molecule has 2 rings (SSSR count). The molecule has 1 aromatic carbocycles. The molecule has 2 atom stereocenters. The first-order chi connectivity index (χ1) is 14.4. The minimum atomic E-state index is -0.578. The molecule has 0 spiro atoms. The number of likely N-dealkylation sites (tertiary alicyclic amines) is 1. The SMILES string of the molecule is CC(C)(C)OC(=O)[C@@H](Cc1cccc(OCCN)c1)[C@H]1CCN(C(=O)OC(C)(C)C)C1. The summed E-state index contributed by atoms with van der Waals surface area (Å²) in [5.41, 5.74) is 5.38. The lowest BCUT2D eigenvalue weighted by Gasteiger charge is -2.28. The van der Waals surface area contributed by atoms with E-state index in [0.717, 1.165) is 17.7 Å². The summed E-state index contributed by atoms with van der Waals surface area (Å²) in [7, 11) is 0. The average Bonchev–Trinajstić information content (AvgIpc) is 3.12. The molecule has 0 bridgehead atoms. The van der Waals surface area contributed by atoms with Gasteiger partial charge in [-0.05, 0) is 78.0 Å². The predicted octanol–water partition coefficient (Wildman–Crippen LogP) is 3.78. The van der Waals surface area contributed by atoms with Crippen LogP contribution in [0.5, 0.6) is 5.75 Å². The number of nitrogens with two attached hydrogens (primary N) is 1. The topological polar surface area (TPSA) is 91.1 Å². The Morgan fingerprint density at radius 1 is 1.13 bits per heavy atom. The van der Waals surface area contributed by atoms with E-state index in [4.69, 9.17) is 19.9 Å². The summed E-state index contributed by atoms with van der Waals surface area (Å²) in [6.45, 7) is 13.1. The monoisotopic (exact) mass is 434 g/mol. The molecule has 1 fully saturated rings. The lowest BCUT2D eigenvalue weighted by atomic mass is 9.86. The molecule has 2 N–H and O–H groups in total. The summed E-state index contributed by atoms with van der Waals surface area (Å²) in [5, 5.41) is 0. The number of amides is 1. The Morgan fingerprint density at radius 2 is 1.81 bits per heavy atom. The molecule has 0 radical (unpaired) electrons. The number of esters is 1. The Labute approximate surface area is 186 Å². The van der Waals surface area contributed by atoms with Crippen molar-refractivity contribution in [1.29, 1.82) is 0 Å². The van der Waals surface area contributed by atoms with Crippen LogP contribution >= 0.6 is 0 Å². The van der Waals surface area contributed by atoms with E-state index < -0.39 is 11.2 Å². The van der Waals surface area contributed by atoms with E-state index in [2.05, 4.69) is 0 Å². The number of hydrogen-bond acceptors (Lipinski definition) is 6. The van der Waals surface area contributed by atoms with Gasteiger partial charge in [0.1, 0.15) is 23.6 Å². The van der Waals surface area contributed by atoms with Gasteiger partial charge in [0.05, 0.1) is 5.92 Å². The number of ether oxygens (including phenoxy) is 3. The minimum Gasteiger partial charge on any atom is -0.492 e. The van der Waals surface area contributed by atoms with Crippen molar-refractivity contribution in [2.45, 2.75) is 65.6 Å².